The number of amides is 1. The van der Waals surface area contributed by atoms with Crippen molar-refractivity contribution in [2.75, 3.05) is 5.73 Å². The first-order valence-corrected chi connectivity index (χ1v) is 6.89. The van der Waals surface area contributed by atoms with Gasteiger partial charge in [-0.25, -0.2) is 0 Å². The molecular formula is C14H15ClN4O. The number of aromatic amines is 1. The number of carbonyl (C=O) groups is 1. The highest BCUT2D eigenvalue weighted by atomic mass is 35.5. The Kier molecular flexibility index (Phi) is 3.36. The number of nitrogen functional groups attached to an aromatic ring is 1. The maximum absolute atomic E-state index is 12.1. The molecule has 0 spiro atoms. The van der Waals surface area contributed by atoms with E-state index >= 15 is 0 Å². The molecule has 4 N–H and O–H groups in total. The fraction of sp³-hybridized carbons (Fsp3) is 0.286. The lowest BCUT2D eigenvalue weighted by Gasteiger charge is -2.04. The minimum absolute atomic E-state index is 0.272. The van der Waals surface area contributed by atoms with Crippen LogP contribution in [0.3, 0.4) is 0 Å². The van der Waals surface area contributed by atoms with Gasteiger partial charge in [0.2, 0.25) is 0 Å². The zero-order valence-corrected chi connectivity index (χ0v) is 11.6. The predicted octanol–water partition coefficient (Wildman–Crippen LogP) is 2.45. The lowest BCUT2D eigenvalue weighted by atomic mass is 10.2. The number of H-pyrrole nitrogens is 1. The summed E-state index contributed by atoms with van der Waals surface area (Å²) in [4.78, 5) is 12.1. The number of benzene rings is 1. The summed E-state index contributed by atoms with van der Waals surface area (Å²) in [5.74, 6) is 0.169. The lowest BCUT2D eigenvalue weighted by Crippen LogP contribution is -2.24. The first-order valence-electron chi connectivity index (χ1n) is 6.51. The van der Waals surface area contributed by atoms with Gasteiger partial charge in [-0.1, -0.05) is 23.7 Å². The quantitative estimate of drug-likeness (QED) is 0.809. The van der Waals surface area contributed by atoms with Crippen LogP contribution in [0.5, 0.6) is 0 Å². The van der Waals surface area contributed by atoms with Crippen molar-refractivity contribution in [2.45, 2.75) is 25.3 Å². The third-order valence-corrected chi connectivity index (χ3v) is 3.61. The van der Waals surface area contributed by atoms with Crippen LogP contribution < -0.4 is 11.1 Å². The van der Waals surface area contributed by atoms with Crippen LogP contribution in [0, 0.1) is 0 Å². The molecule has 2 aromatic rings. The molecule has 1 heterocycles. The molecule has 0 bridgehead atoms. The summed E-state index contributed by atoms with van der Waals surface area (Å²) in [7, 11) is 0. The maximum atomic E-state index is 12.1. The van der Waals surface area contributed by atoms with Crippen LogP contribution >= 0.6 is 11.6 Å². The molecule has 104 valence electrons. The molecular weight excluding hydrogens is 276 g/mol. The van der Waals surface area contributed by atoms with Crippen molar-refractivity contribution in [3.05, 3.63) is 46.2 Å². The molecule has 1 saturated carbocycles. The van der Waals surface area contributed by atoms with Gasteiger partial charge in [0, 0.05) is 17.5 Å². The average molecular weight is 291 g/mol. The zero-order chi connectivity index (χ0) is 14.1. The van der Waals surface area contributed by atoms with E-state index in [9.17, 15) is 4.79 Å². The van der Waals surface area contributed by atoms with Crippen LogP contribution in [0.25, 0.3) is 0 Å². The predicted molar refractivity (Wildman–Crippen MR) is 77.6 cm³/mol. The monoisotopic (exact) mass is 290 g/mol. The van der Waals surface area contributed by atoms with Crippen LogP contribution in [-0.2, 0) is 6.54 Å². The summed E-state index contributed by atoms with van der Waals surface area (Å²) in [6, 6.07) is 7.35. The molecule has 5 nitrogen and oxygen atoms in total. The molecule has 1 aliphatic carbocycles. The Balaban J connectivity index is 1.67. The Morgan fingerprint density at radius 3 is 3.00 bits per heavy atom. The first kappa shape index (κ1) is 13.0. The topological polar surface area (TPSA) is 83.8 Å². The Morgan fingerprint density at radius 1 is 1.50 bits per heavy atom. The molecule has 6 heteroatoms. The number of halogens is 1. The number of hydrogen-bond donors (Lipinski definition) is 3. The van der Waals surface area contributed by atoms with Crippen molar-refractivity contribution in [2.24, 2.45) is 0 Å². The number of carbonyl (C=O) groups excluding carboxylic acids is 1. The van der Waals surface area contributed by atoms with Crippen molar-refractivity contribution in [1.29, 1.82) is 0 Å². The minimum atomic E-state index is -0.273. The van der Waals surface area contributed by atoms with E-state index in [-0.39, 0.29) is 11.6 Å². The number of rotatable bonds is 4. The van der Waals surface area contributed by atoms with E-state index in [4.69, 9.17) is 17.3 Å². The van der Waals surface area contributed by atoms with Gasteiger partial charge in [-0.3, -0.25) is 9.89 Å². The number of nitrogens with two attached hydrogens (primary N) is 1. The number of nitrogens with one attached hydrogen (secondary N) is 2. The summed E-state index contributed by atoms with van der Waals surface area (Å²) >= 11 is 5.90. The van der Waals surface area contributed by atoms with E-state index in [1.54, 1.807) is 6.07 Å². The molecule has 20 heavy (non-hydrogen) atoms. The lowest BCUT2D eigenvalue weighted by molar-refractivity contribution is 0.0947. The second-order valence-electron chi connectivity index (χ2n) is 4.99. The Hall–Kier alpha value is -2.01. The van der Waals surface area contributed by atoms with Gasteiger partial charge < -0.3 is 11.1 Å². The van der Waals surface area contributed by atoms with Crippen LogP contribution in [0.2, 0.25) is 5.02 Å². The van der Waals surface area contributed by atoms with E-state index in [0.717, 1.165) is 24.1 Å². The number of aromatic nitrogens is 2. The fourth-order valence-corrected chi connectivity index (χ4v) is 2.35. The van der Waals surface area contributed by atoms with E-state index in [1.807, 2.05) is 18.2 Å². The van der Waals surface area contributed by atoms with Crippen LogP contribution in [0.1, 0.15) is 40.5 Å². The van der Waals surface area contributed by atoms with Gasteiger partial charge in [-0.2, -0.15) is 5.10 Å². The standard InChI is InChI=1S/C14H15ClN4O/c15-10-3-1-2-8(6-10)7-17-14(20)13-11(16)12(18-19-13)9-4-5-9/h1-3,6,9H,4-5,7,16H2,(H,17,20)(H,18,19). The molecule has 0 saturated heterocycles. The van der Waals surface area contributed by atoms with Crippen molar-refractivity contribution in [1.82, 2.24) is 15.5 Å². The molecule has 1 fully saturated rings. The Morgan fingerprint density at radius 2 is 2.30 bits per heavy atom. The highest BCUT2D eigenvalue weighted by Crippen LogP contribution is 2.42. The van der Waals surface area contributed by atoms with Gasteiger partial charge in [-0.15, -0.1) is 0 Å². The molecule has 1 amide bonds. The van der Waals surface area contributed by atoms with Crippen molar-refractivity contribution >= 4 is 23.2 Å². The molecule has 0 radical (unpaired) electrons. The highest BCUT2D eigenvalue weighted by molar-refractivity contribution is 6.30. The van der Waals surface area contributed by atoms with Gasteiger partial charge in [-0.05, 0) is 30.5 Å². The Labute approximate surface area is 121 Å². The van der Waals surface area contributed by atoms with Gasteiger partial charge in [0.25, 0.3) is 5.91 Å². The van der Waals surface area contributed by atoms with E-state index in [1.165, 1.54) is 0 Å². The first-order chi connectivity index (χ1) is 9.65. The normalized spacial score (nSPS) is 14.2. The molecule has 1 aromatic carbocycles. The van der Waals surface area contributed by atoms with Gasteiger partial charge in [0.1, 0.15) is 0 Å². The molecule has 0 aliphatic heterocycles. The SMILES string of the molecule is Nc1c(C(=O)NCc2cccc(Cl)c2)n[nH]c1C1CC1. The van der Waals surface area contributed by atoms with Crippen molar-refractivity contribution in [3.63, 3.8) is 0 Å². The summed E-state index contributed by atoms with van der Waals surface area (Å²) in [5, 5.41) is 10.3. The summed E-state index contributed by atoms with van der Waals surface area (Å²) in [6.07, 6.45) is 2.21. The third-order valence-electron chi connectivity index (χ3n) is 3.38. The molecule has 0 atom stereocenters. The number of anilines is 1. The molecule has 0 unspecified atom stereocenters. The highest BCUT2D eigenvalue weighted by Gasteiger charge is 2.30. The molecule has 1 aliphatic rings. The second kappa shape index (κ2) is 5.17. The maximum Gasteiger partial charge on any atom is 0.274 e. The third kappa shape index (κ3) is 2.63. The Bertz CT molecular complexity index is 648. The van der Waals surface area contributed by atoms with E-state index in [0.29, 0.717) is 23.2 Å². The summed E-state index contributed by atoms with van der Waals surface area (Å²) < 4.78 is 0. The second-order valence-corrected chi connectivity index (χ2v) is 5.42. The van der Waals surface area contributed by atoms with E-state index < -0.39 is 0 Å². The van der Waals surface area contributed by atoms with Crippen molar-refractivity contribution < 1.29 is 4.79 Å². The number of hydrogen-bond acceptors (Lipinski definition) is 3. The van der Waals surface area contributed by atoms with E-state index in [2.05, 4.69) is 15.5 Å². The van der Waals surface area contributed by atoms with Gasteiger partial charge in [0.15, 0.2) is 5.69 Å². The minimum Gasteiger partial charge on any atom is -0.395 e. The van der Waals surface area contributed by atoms with Gasteiger partial charge in [0.05, 0.1) is 11.4 Å². The average Bonchev–Trinajstić information content (AvgIpc) is 3.19. The zero-order valence-electron chi connectivity index (χ0n) is 10.8. The van der Waals surface area contributed by atoms with Crippen LogP contribution in [0.4, 0.5) is 5.69 Å². The summed E-state index contributed by atoms with van der Waals surface area (Å²) in [5.41, 5.74) is 8.52. The summed E-state index contributed by atoms with van der Waals surface area (Å²) in [6.45, 7) is 0.393. The largest absolute Gasteiger partial charge is 0.395 e. The van der Waals surface area contributed by atoms with Crippen molar-refractivity contribution in [3.8, 4) is 0 Å². The number of nitrogens with zero attached hydrogens (tertiary/aromatic N) is 1. The molecule has 3 rings (SSSR count). The van der Waals surface area contributed by atoms with Crippen LogP contribution in [-0.4, -0.2) is 16.1 Å². The van der Waals surface area contributed by atoms with Gasteiger partial charge >= 0.3 is 0 Å². The van der Waals surface area contributed by atoms with Crippen LogP contribution in [0.15, 0.2) is 24.3 Å². The fourth-order valence-electron chi connectivity index (χ4n) is 2.13. The molecule has 1 aromatic heterocycles. The smallest absolute Gasteiger partial charge is 0.274 e.